The van der Waals surface area contributed by atoms with Gasteiger partial charge < -0.3 is 10.6 Å². The summed E-state index contributed by atoms with van der Waals surface area (Å²) >= 11 is 5.66. The molecular weight excluding hydrogens is 712 g/mol. The largest absolute Gasteiger partial charge is 0.416 e. The second-order valence-corrected chi connectivity index (χ2v) is 15.4. The van der Waals surface area contributed by atoms with Crippen molar-refractivity contribution in [1.29, 1.82) is 0 Å². The van der Waals surface area contributed by atoms with Gasteiger partial charge in [0.1, 0.15) is 0 Å². The molecule has 0 aliphatic heterocycles. The van der Waals surface area contributed by atoms with E-state index in [1.54, 1.807) is 0 Å². The number of rotatable bonds is 9. The SMILES string of the molecule is FC(F)(F)c1cc(NC(=S)N[C@H](c2ccccc2)[C@H](N=P(c2ccccc2)(c2ccccc2)c2ccccc2)c2ccccc2)cc(C(F)(F)F)c1. The van der Waals surface area contributed by atoms with Gasteiger partial charge in [0.15, 0.2) is 5.11 Å². The molecule has 264 valence electrons. The van der Waals surface area contributed by atoms with Gasteiger partial charge in [-0.05, 0) is 41.5 Å². The van der Waals surface area contributed by atoms with Gasteiger partial charge in [0.25, 0.3) is 0 Å². The van der Waals surface area contributed by atoms with Crippen LogP contribution in [0.25, 0.3) is 0 Å². The maximum absolute atomic E-state index is 13.7. The first-order valence-electron chi connectivity index (χ1n) is 16.2. The Morgan fingerprint density at radius 1 is 0.519 bits per heavy atom. The summed E-state index contributed by atoms with van der Waals surface area (Å²) in [5.41, 5.74) is -1.80. The molecule has 6 rings (SSSR count). The standard InChI is InChI=1S/C41H32F6N3PS/c42-40(43,44)31-26-32(41(45,46)47)28-33(27-31)48-39(52)49-37(29-16-6-1-7-17-29)38(30-18-8-2-9-19-30)50-51(34-20-10-3-11-21-34,35-22-12-4-13-23-35)36-24-14-5-15-25-36/h1-28,37-38H,(H2,48,49,52)/t37-,38-/m1/s1. The molecule has 0 aliphatic carbocycles. The number of nitrogens with one attached hydrogen (secondary N) is 2. The van der Waals surface area contributed by atoms with E-state index in [0.29, 0.717) is 12.1 Å². The van der Waals surface area contributed by atoms with Crippen LogP contribution in [0.3, 0.4) is 0 Å². The third kappa shape index (κ3) is 8.30. The molecule has 0 aliphatic rings. The first-order chi connectivity index (χ1) is 24.9. The van der Waals surface area contributed by atoms with E-state index < -0.39 is 48.3 Å². The summed E-state index contributed by atoms with van der Waals surface area (Å²) in [4.78, 5) is 0. The van der Waals surface area contributed by atoms with Crippen molar-refractivity contribution in [2.45, 2.75) is 24.4 Å². The maximum Gasteiger partial charge on any atom is 0.416 e. The van der Waals surface area contributed by atoms with Crippen molar-refractivity contribution in [3.05, 3.63) is 192 Å². The third-order valence-electron chi connectivity index (χ3n) is 8.43. The molecule has 6 aromatic carbocycles. The van der Waals surface area contributed by atoms with Gasteiger partial charge >= 0.3 is 12.4 Å². The van der Waals surface area contributed by atoms with Crippen LogP contribution in [0, 0.1) is 0 Å². The molecule has 6 aromatic rings. The van der Waals surface area contributed by atoms with Gasteiger partial charge in [-0.2, -0.15) is 26.3 Å². The van der Waals surface area contributed by atoms with E-state index in [1.807, 2.05) is 115 Å². The fourth-order valence-electron chi connectivity index (χ4n) is 6.08. The summed E-state index contributed by atoms with van der Waals surface area (Å²) in [5.74, 6) is 0. The van der Waals surface area contributed by atoms with Crippen LogP contribution in [-0.2, 0) is 12.4 Å². The van der Waals surface area contributed by atoms with Crippen LogP contribution in [0.2, 0.25) is 0 Å². The van der Waals surface area contributed by atoms with Crippen LogP contribution >= 0.6 is 19.3 Å². The Balaban J connectivity index is 1.56. The summed E-state index contributed by atoms with van der Waals surface area (Å²) in [7, 11) is -2.84. The second kappa shape index (κ2) is 15.6. The average molecular weight is 744 g/mol. The lowest BCUT2D eigenvalue weighted by molar-refractivity contribution is -0.143. The van der Waals surface area contributed by atoms with Crippen molar-refractivity contribution in [2.24, 2.45) is 4.74 Å². The molecule has 0 saturated carbocycles. The number of nitrogens with zero attached hydrogens (tertiary/aromatic N) is 1. The minimum atomic E-state index is -5.02. The molecule has 11 heteroatoms. The van der Waals surface area contributed by atoms with Crippen LogP contribution in [-0.4, -0.2) is 5.11 Å². The van der Waals surface area contributed by atoms with Gasteiger partial charge in [-0.25, -0.2) is 0 Å². The molecule has 3 nitrogen and oxygen atoms in total. The summed E-state index contributed by atoms with van der Waals surface area (Å²) in [6.07, 6.45) is -10.0. The van der Waals surface area contributed by atoms with E-state index in [-0.39, 0.29) is 11.2 Å². The zero-order chi connectivity index (χ0) is 36.8. The maximum atomic E-state index is 13.7. The fraction of sp³-hybridized carbons (Fsp3) is 0.0976. The molecule has 2 N–H and O–H groups in total. The Kier molecular flexibility index (Phi) is 11.0. The van der Waals surface area contributed by atoms with Gasteiger partial charge in [0.05, 0.1) is 30.3 Å². The number of hydrogen-bond acceptors (Lipinski definition) is 2. The molecule has 0 spiro atoms. The zero-order valence-electron chi connectivity index (χ0n) is 27.4. The zero-order valence-corrected chi connectivity index (χ0v) is 29.1. The van der Waals surface area contributed by atoms with E-state index in [9.17, 15) is 26.3 Å². The predicted octanol–water partition coefficient (Wildman–Crippen LogP) is 10.7. The van der Waals surface area contributed by atoms with Gasteiger partial charge in [0.2, 0.25) is 0 Å². The summed E-state index contributed by atoms with van der Waals surface area (Å²) in [5, 5.41) is 8.67. The van der Waals surface area contributed by atoms with E-state index in [1.165, 1.54) is 0 Å². The van der Waals surface area contributed by atoms with Crippen molar-refractivity contribution in [2.75, 3.05) is 5.32 Å². The highest BCUT2D eigenvalue weighted by Crippen LogP contribution is 2.51. The van der Waals surface area contributed by atoms with Gasteiger partial charge in [-0.15, -0.1) is 0 Å². The number of anilines is 1. The van der Waals surface area contributed by atoms with Crippen LogP contribution in [0.15, 0.2) is 175 Å². The molecule has 0 heterocycles. The fourth-order valence-corrected chi connectivity index (χ4v) is 10.1. The van der Waals surface area contributed by atoms with Crippen LogP contribution < -0.4 is 26.5 Å². The van der Waals surface area contributed by atoms with Crippen molar-refractivity contribution >= 4 is 46.0 Å². The van der Waals surface area contributed by atoms with Crippen molar-refractivity contribution in [3.8, 4) is 0 Å². The van der Waals surface area contributed by atoms with E-state index >= 15 is 0 Å². The summed E-state index contributed by atoms with van der Waals surface area (Å²) in [6, 6.07) is 48.8. The first-order valence-corrected chi connectivity index (χ1v) is 18.4. The minimum Gasteiger partial charge on any atom is -0.353 e. The Hall–Kier alpha value is -5.18. The van der Waals surface area contributed by atoms with E-state index in [0.717, 1.165) is 27.0 Å². The summed E-state index contributed by atoms with van der Waals surface area (Å²) in [6.45, 7) is 0. The van der Waals surface area contributed by atoms with Crippen LogP contribution in [0.1, 0.15) is 34.3 Å². The topological polar surface area (TPSA) is 36.4 Å². The molecule has 52 heavy (non-hydrogen) atoms. The van der Waals surface area contributed by atoms with Crippen molar-refractivity contribution < 1.29 is 26.3 Å². The molecular formula is C41H32F6N3PS. The molecule has 0 aromatic heterocycles. The van der Waals surface area contributed by atoms with Crippen LogP contribution in [0.5, 0.6) is 0 Å². The molecule has 0 saturated heterocycles. The first kappa shape index (κ1) is 36.6. The molecule has 0 amide bonds. The van der Waals surface area contributed by atoms with Crippen molar-refractivity contribution in [3.63, 3.8) is 0 Å². The number of thiocarbonyl (C=S) groups is 1. The molecule has 0 unspecified atom stereocenters. The highest BCUT2D eigenvalue weighted by Gasteiger charge is 2.37. The Bertz CT molecular complexity index is 2010. The molecule has 0 bridgehead atoms. The minimum absolute atomic E-state index is 0.0821. The third-order valence-corrected chi connectivity index (χ3v) is 12.4. The highest BCUT2D eigenvalue weighted by molar-refractivity contribution is 7.87. The second-order valence-electron chi connectivity index (χ2n) is 11.9. The molecule has 0 radical (unpaired) electrons. The smallest absolute Gasteiger partial charge is 0.353 e. The van der Waals surface area contributed by atoms with Crippen molar-refractivity contribution in [1.82, 2.24) is 5.32 Å². The highest BCUT2D eigenvalue weighted by atomic mass is 32.1. The Labute approximate surface area is 303 Å². The summed E-state index contributed by atoms with van der Waals surface area (Å²) < 4.78 is 88.2. The monoisotopic (exact) mass is 743 g/mol. The van der Waals surface area contributed by atoms with Gasteiger partial charge in [-0.1, -0.05) is 152 Å². The van der Waals surface area contributed by atoms with Gasteiger partial charge in [-0.3, -0.25) is 4.74 Å². The average Bonchev–Trinajstić information content (AvgIpc) is 3.16. The normalized spacial score (nSPS) is 13.1. The number of alkyl halides is 6. The molecule has 0 fully saturated rings. The predicted molar refractivity (Wildman–Crippen MR) is 202 cm³/mol. The lowest BCUT2D eigenvalue weighted by Gasteiger charge is -2.34. The molecule has 2 atom stereocenters. The Morgan fingerprint density at radius 2 is 0.885 bits per heavy atom. The lowest BCUT2D eigenvalue weighted by Crippen LogP contribution is -2.36. The quantitative estimate of drug-likeness (QED) is 0.0880. The lowest BCUT2D eigenvalue weighted by atomic mass is 9.94. The number of benzene rings is 6. The van der Waals surface area contributed by atoms with E-state index in [4.69, 9.17) is 17.0 Å². The number of halogens is 6. The number of hydrogen-bond donors (Lipinski definition) is 2. The Morgan fingerprint density at radius 3 is 1.27 bits per heavy atom. The van der Waals surface area contributed by atoms with Gasteiger partial charge in [0, 0.05) is 21.6 Å². The van der Waals surface area contributed by atoms with Crippen LogP contribution in [0.4, 0.5) is 32.0 Å². The van der Waals surface area contributed by atoms with E-state index in [2.05, 4.69) is 47.0 Å².